The Labute approximate surface area is 142 Å². The fourth-order valence-corrected chi connectivity index (χ4v) is 2.82. The molecule has 3 aromatic carbocycles. The van der Waals surface area contributed by atoms with Gasteiger partial charge in [-0.25, -0.2) is 0 Å². The van der Waals surface area contributed by atoms with E-state index >= 15 is 0 Å². The summed E-state index contributed by atoms with van der Waals surface area (Å²) in [4.78, 5) is 12.0. The van der Waals surface area contributed by atoms with E-state index in [1.165, 1.54) is 0 Å². The maximum Gasteiger partial charge on any atom is 0.151 e. The van der Waals surface area contributed by atoms with Gasteiger partial charge in [-0.15, -0.1) is 0 Å². The molecule has 0 amide bonds. The van der Waals surface area contributed by atoms with Gasteiger partial charge >= 0.3 is 0 Å². The number of rotatable bonds is 5. The Morgan fingerprint density at radius 1 is 0.750 bits per heavy atom. The van der Waals surface area contributed by atoms with Gasteiger partial charge in [0.05, 0.1) is 0 Å². The highest BCUT2D eigenvalue weighted by atomic mass is 16.1. The van der Waals surface area contributed by atoms with Gasteiger partial charge in [0.25, 0.3) is 0 Å². The first kappa shape index (κ1) is 15.9. The van der Waals surface area contributed by atoms with Crippen LogP contribution in [0.1, 0.15) is 22.3 Å². The fraction of sp³-hybridized carbons (Fsp3) is 0.0455. The van der Waals surface area contributed by atoms with Gasteiger partial charge in [0.2, 0.25) is 0 Å². The van der Waals surface area contributed by atoms with Crippen LogP contribution < -0.4 is 5.73 Å². The first-order chi connectivity index (χ1) is 11.8. The molecule has 2 nitrogen and oxygen atoms in total. The lowest BCUT2D eigenvalue weighted by atomic mass is 9.89. The molecule has 118 valence electrons. The Morgan fingerprint density at radius 2 is 1.29 bits per heavy atom. The summed E-state index contributed by atoms with van der Waals surface area (Å²) >= 11 is 0. The minimum Gasteiger partial charge on any atom is -0.326 e. The van der Waals surface area contributed by atoms with E-state index in [0.29, 0.717) is 12.1 Å². The molecule has 0 bridgehead atoms. The van der Waals surface area contributed by atoms with E-state index in [4.69, 9.17) is 5.73 Å². The summed E-state index contributed by atoms with van der Waals surface area (Å²) in [5.74, 6) is 0. The van der Waals surface area contributed by atoms with Crippen LogP contribution in [-0.2, 0) is 11.3 Å². The molecule has 3 aromatic rings. The smallest absolute Gasteiger partial charge is 0.151 e. The maximum absolute atomic E-state index is 12.0. The summed E-state index contributed by atoms with van der Waals surface area (Å²) in [6, 6.07) is 27.8. The zero-order valence-electron chi connectivity index (χ0n) is 13.4. The van der Waals surface area contributed by atoms with E-state index in [1.807, 2.05) is 84.9 Å². The molecule has 0 fully saturated rings. The monoisotopic (exact) mass is 313 g/mol. The molecule has 0 aliphatic heterocycles. The van der Waals surface area contributed by atoms with Crippen molar-refractivity contribution in [1.29, 1.82) is 0 Å². The van der Waals surface area contributed by atoms with Crippen molar-refractivity contribution in [3.8, 4) is 0 Å². The second-order valence-corrected chi connectivity index (χ2v) is 5.54. The minimum atomic E-state index is 0.450. The number of nitrogens with two attached hydrogens (primary N) is 1. The van der Waals surface area contributed by atoms with Gasteiger partial charge in [-0.1, -0.05) is 78.9 Å². The molecule has 0 radical (unpaired) electrons. The number of aldehydes is 1. The summed E-state index contributed by atoms with van der Waals surface area (Å²) < 4.78 is 0. The maximum atomic E-state index is 12.0. The Balaban J connectivity index is 2.28. The van der Waals surface area contributed by atoms with Gasteiger partial charge in [0, 0.05) is 12.1 Å². The van der Waals surface area contributed by atoms with Crippen LogP contribution in [0, 0.1) is 0 Å². The molecule has 0 atom stereocenters. The minimum absolute atomic E-state index is 0.450. The highest BCUT2D eigenvalue weighted by Gasteiger charge is 2.13. The number of carbonyl (C=O) groups is 1. The van der Waals surface area contributed by atoms with Gasteiger partial charge in [-0.2, -0.15) is 0 Å². The second kappa shape index (κ2) is 7.53. The van der Waals surface area contributed by atoms with Crippen LogP contribution >= 0.6 is 0 Å². The first-order valence-electron chi connectivity index (χ1n) is 7.93. The number of hydrogen-bond acceptors (Lipinski definition) is 2. The van der Waals surface area contributed by atoms with Gasteiger partial charge in [-0.3, -0.25) is 4.79 Å². The molecule has 0 saturated heterocycles. The van der Waals surface area contributed by atoms with Crippen molar-refractivity contribution in [2.75, 3.05) is 0 Å². The summed E-state index contributed by atoms with van der Waals surface area (Å²) in [6.07, 6.45) is 0.935. The van der Waals surface area contributed by atoms with Crippen molar-refractivity contribution in [3.05, 3.63) is 107 Å². The summed E-state index contributed by atoms with van der Waals surface area (Å²) in [6.45, 7) is 0.450. The quantitative estimate of drug-likeness (QED) is 0.433. The number of benzene rings is 3. The molecular formula is C22H19NO. The second-order valence-electron chi connectivity index (χ2n) is 5.54. The molecule has 0 saturated carbocycles. The van der Waals surface area contributed by atoms with Gasteiger partial charge in [-0.05, 0) is 33.9 Å². The van der Waals surface area contributed by atoms with Crippen molar-refractivity contribution in [2.45, 2.75) is 6.54 Å². The van der Waals surface area contributed by atoms with E-state index in [-0.39, 0.29) is 0 Å². The van der Waals surface area contributed by atoms with Crippen LogP contribution in [0.25, 0.3) is 11.1 Å². The van der Waals surface area contributed by atoms with Crippen LogP contribution in [0.3, 0.4) is 0 Å². The summed E-state index contributed by atoms with van der Waals surface area (Å²) in [5.41, 5.74) is 11.3. The van der Waals surface area contributed by atoms with Crippen LogP contribution in [0.5, 0.6) is 0 Å². The van der Waals surface area contributed by atoms with Crippen LogP contribution in [0.15, 0.2) is 84.9 Å². The number of allylic oxidation sites excluding steroid dienone is 1. The average Bonchev–Trinajstić information content (AvgIpc) is 2.67. The van der Waals surface area contributed by atoms with Crippen LogP contribution in [0.2, 0.25) is 0 Å². The third kappa shape index (κ3) is 3.34. The summed E-state index contributed by atoms with van der Waals surface area (Å²) in [5, 5.41) is 0. The van der Waals surface area contributed by atoms with Crippen LogP contribution in [-0.4, -0.2) is 6.29 Å². The Morgan fingerprint density at radius 3 is 1.79 bits per heavy atom. The van der Waals surface area contributed by atoms with Crippen LogP contribution in [0.4, 0.5) is 0 Å². The van der Waals surface area contributed by atoms with E-state index in [0.717, 1.165) is 34.1 Å². The lowest BCUT2D eigenvalue weighted by molar-refractivity contribution is -0.103. The average molecular weight is 313 g/mol. The predicted molar refractivity (Wildman–Crippen MR) is 99.2 cm³/mol. The summed E-state index contributed by atoms with van der Waals surface area (Å²) in [7, 11) is 0. The van der Waals surface area contributed by atoms with Crippen molar-refractivity contribution in [3.63, 3.8) is 0 Å². The van der Waals surface area contributed by atoms with Crippen molar-refractivity contribution in [2.24, 2.45) is 5.73 Å². The highest BCUT2D eigenvalue weighted by molar-refractivity contribution is 6.20. The molecule has 0 unspecified atom stereocenters. The topological polar surface area (TPSA) is 43.1 Å². The van der Waals surface area contributed by atoms with E-state index in [1.54, 1.807) is 0 Å². The SMILES string of the molecule is NCc1cccc(C(C=O)=C(c2ccccc2)c2ccccc2)c1. The molecule has 0 aliphatic carbocycles. The van der Waals surface area contributed by atoms with Crippen molar-refractivity contribution < 1.29 is 4.79 Å². The van der Waals surface area contributed by atoms with Gasteiger partial charge in [0.15, 0.2) is 6.29 Å². The fourth-order valence-electron chi connectivity index (χ4n) is 2.82. The predicted octanol–water partition coefficient (Wildman–Crippen LogP) is 4.30. The third-order valence-corrected chi connectivity index (χ3v) is 3.99. The van der Waals surface area contributed by atoms with E-state index in [9.17, 15) is 4.79 Å². The Kier molecular flexibility index (Phi) is 4.99. The molecule has 0 aliphatic rings. The lowest BCUT2D eigenvalue weighted by Crippen LogP contribution is -1.99. The van der Waals surface area contributed by atoms with Gasteiger partial charge < -0.3 is 5.73 Å². The molecule has 0 aromatic heterocycles. The molecule has 2 heteroatoms. The van der Waals surface area contributed by atoms with E-state index in [2.05, 4.69) is 0 Å². The Bertz CT molecular complexity index is 810. The molecule has 3 rings (SSSR count). The van der Waals surface area contributed by atoms with Crippen molar-refractivity contribution in [1.82, 2.24) is 0 Å². The molecular weight excluding hydrogens is 294 g/mol. The highest BCUT2D eigenvalue weighted by Crippen LogP contribution is 2.31. The molecule has 2 N–H and O–H groups in total. The third-order valence-electron chi connectivity index (χ3n) is 3.99. The van der Waals surface area contributed by atoms with Crippen molar-refractivity contribution >= 4 is 17.4 Å². The first-order valence-corrected chi connectivity index (χ1v) is 7.93. The lowest BCUT2D eigenvalue weighted by Gasteiger charge is -2.14. The standard InChI is InChI=1S/C22H19NO/c23-15-17-8-7-13-20(14-17)21(16-24)22(18-9-3-1-4-10-18)19-11-5-2-6-12-19/h1-14,16H,15,23H2. The molecule has 24 heavy (non-hydrogen) atoms. The zero-order valence-corrected chi connectivity index (χ0v) is 13.4. The van der Waals surface area contributed by atoms with Gasteiger partial charge in [0.1, 0.15) is 0 Å². The number of hydrogen-bond donors (Lipinski definition) is 1. The van der Waals surface area contributed by atoms with E-state index < -0.39 is 0 Å². The Hall–Kier alpha value is -2.97. The molecule has 0 heterocycles. The zero-order chi connectivity index (χ0) is 16.8. The molecule has 0 spiro atoms. The largest absolute Gasteiger partial charge is 0.326 e. The number of carbonyl (C=O) groups excluding carboxylic acids is 1. The normalized spacial score (nSPS) is 10.2.